The molecule has 1 N–H and O–H groups in total. The maximum absolute atomic E-state index is 12.4. The molecule has 0 spiro atoms. The van der Waals surface area contributed by atoms with E-state index >= 15 is 0 Å². The van der Waals surface area contributed by atoms with Gasteiger partial charge in [-0.2, -0.15) is 0 Å². The van der Waals surface area contributed by atoms with E-state index in [0.29, 0.717) is 6.42 Å². The molecule has 2 atom stereocenters. The maximum atomic E-state index is 12.4. The third-order valence-corrected chi connectivity index (χ3v) is 5.24. The van der Waals surface area contributed by atoms with Crippen molar-refractivity contribution in [3.63, 3.8) is 0 Å². The highest BCUT2D eigenvalue weighted by atomic mass is 32.2. The van der Waals surface area contributed by atoms with Crippen LogP contribution in [0.1, 0.15) is 24.1 Å². The summed E-state index contributed by atoms with van der Waals surface area (Å²) < 4.78 is 28.7. The molecule has 2 aromatic rings. The molecule has 0 unspecified atom stereocenters. The number of carbonyl (C=O) groups excluding carboxylic acids is 1. The molecular formula is C18H19NO4S. The maximum Gasteiger partial charge on any atom is 0.261 e. The van der Waals surface area contributed by atoms with E-state index < -0.39 is 15.9 Å². The molecule has 3 rings (SSSR count). The molecule has 24 heavy (non-hydrogen) atoms. The monoisotopic (exact) mass is 345 g/mol. The minimum absolute atomic E-state index is 0.175. The quantitative estimate of drug-likeness (QED) is 0.923. The number of carbonyl (C=O) groups is 1. The molecule has 0 aliphatic carbocycles. The number of hydrogen-bond donors (Lipinski definition) is 1. The highest BCUT2D eigenvalue weighted by molar-refractivity contribution is 7.90. The van der Waals surface area contributed by atoms with E-state index in [0.717, 1.165) is 16.9 Å². The summed E-state index contributed by atoms with van der Waals surface area (Å²) in [4.78, 5) is 12.7. The van der Waals surface area contributed by atoms with Crippen molar-refractivity contribution in [1.82, 2.24) is 5.32 Å². The third-order valence-electron chi connectivity index (χ3n) is 4.11. The number of ether oxygens (including phenoxy) is 1. The molecule has 0 bridgehead atoms. The number of benzene rings is 2. The van der Waals surface area contributed by atoms with Gasteiger partial charge in [0.25, 0.3) is 5.91 Å². The summed E-state index contributed by atoms with van der Waals surface area (Å²) in [6.45, 7) is 1.86. The van der Waals surface area contributed by atoms with Gasteiger partial charge in [-0.1, -0.05) is 30.3 Å². The number of amides is 1. The van der Waals surface area contributed by atoms with Gasteiger partial charge >= 0.3 is 0 Å². The van der Waals surface area contributed by atoms with Gasteiger partial charge in [0, 0.05) is 12.7 Å². The fraction of sp³-hybridized carbons (Fsp3) is 0.278. The predicted molar refractivity (Wildman–Crippen MR) is 90.7 cm³/mol. The average Bonchev–Trinajstić information content (AvgIpc) is 2.98. The van der Waals surface area contributed by atoms with Crippen molar-refractivity contribution in [2.45, 2.75) is 30.4 Å². The summed E-state index contributed by atoms with van der Waals surface area (Å²) in [6, 6.07) is 13.9. The zero-order valence-electron chi connectivity index (χ0n) is 13.5. The van der Waals surface area contributed by atoms with Crippen LogP contribution in [0.15, 0.2) is 53.4 Å². The summed E-state index contributed by atoms with van der Waals surface area (Å²) in [7, 11) is -3.22. The molecule has 6 heteroatoms. The molecule has 0 fully saturated rings. The first kappa shape index (κ1) is 16.5. The lowest BCUT2D eigenvalue weighted by atomic mass is 10.1. The van der Waals surface area contributed by atoms with Gasteiger partial charge in [-0.15, -0.1) is 0 Å². The van der Waals surface area contributed by atoms with E-state index in [1.807, 2.05) is 31.2 Å². The number of fused-ring (bicyclic) bond motifs is 1. The van der Waals surface area contributed by atoms with E-state index in [4.69, 9.17) is 4.74 Å². The molecule has 0 saturated heterocycles. The number of rotatable bonds is 4. The Bertz CT molecular complexity index is 834. The Kier molecular flexibility index (Phi) is 4.32. The number of sulfone groups is 1. The Labute approximate surface area is 141 Å². The largest absolute Gasteiger partial charge is 0.480 e. The van der Waals surface area contributed by atoms with Gasteiger partial charge in [0.1, 0.15) is 5.75 Å². The van der Waals surface area contributed by atoms with Crippen LogP contribution >= 0.6 is 0 Å². The van der Waals surface area contributed by atoms with Crippen LogP contribution in [0.3, 0.4) is 0 Å². The third kappa shape index (κ3) is 3.43. The molecule has 1 aliphatic rings. The molecule has 0 radical (unpaired) electrons. The number of para-hydroxylation sites is 1. The van der Waals surface area contributed by atoms with Crippen molar-refractivity contribution < 1.29 is 17.9 Å². The Hall–Kier alpha value is -2.34. The van der Waals surface area contributed by atoms with E-state index in [1.165, 1.54) is 6.26 Å². The van der Waals surface area contributed by atoms with Crippen molar-refractivity contribution in [1.29, 1.82) is 0 Å². The fourth-order valence-corrected chi connectivity index (χ4v) is 3.35. The van der Waals surface area contributed by atoms with Gasteiger partial charge in [-0.3, -0.25) is 4.79 Å². The molecule has 0 saturated carbocycles. The van der Waals surface area contributed by atoms with Crippen LogP contribution < -0.4 is 10.1 Å². The summed E-state index contributed by atoms with van der Waals surface area (Å²) >= 11 is 0. The van der Waals surface area contributed by atoms with Crippen LogP contribution in [0, 0.1) is 0 Å². The Morgan fingerprint density at radius 1 is 1.17 bits per heavy atom. The van der Waals surface area contributed by atoms with Gasteiger partial charge in [0.2, 0.25) is 0 Å². The van der Waals surface area contributed by atoms with E-state index in [-0.39, 0.29) is 16.8 Å². The molecule has 1 heterocycles. The van der Waals surface area contributed by atoms with Gasteiger partial charge < -0.3 is 10.1 Å². The van der Waals surface area contributed by atoms with E-state index in [1.54, 1.807) is 24.3 Å². The van der Waals surface area contributed by atoms with Crippen LogP contribution in [0.25, 0.3) is 0 Å². The van der Waals surface area contributed by atoms with Gasteiger partial charge in [0.15, 0.2) is 15.9 Å². The lowest BCUT2D eigenvalue weighted by Gasteiger charge is -2.17. The van der Waals surface area contributed by atoms with E-state index in [9.17, 15) is 13.2 Å². The standard InChI is InChI=1S/C18H19NO4S/c1-12(13-7-9-15(10-8-13)24(2,21)22)19-18(20)17-11-14-5-3-4-6-16(14)23-17/h3-10,12,17H,11H2,1-2H3,(H,19,20)/t12-,17-/m0/s1. The van der Waals surface area contributed by atoms with Crippen molar-refractivity contribution >= 4 is 15.7 Å². The summed E-state index contributed by atoms with van der Waals surface area (Å²) in [6.07, 6.45) is 1.20. The molecule has 5 nitrogen and oxygen atoms in total. The lowest BCUT2D eigenvalue weighted by Crippen LogP contribution is -2.38. The Morgan fingerprint density at radius 2 is 1.83 bits per heavy atom. The van der Waals surface area contributed by atoms with Crippen molar-refractivity contribution in [3.05, 3.63) is 59.7 Å². The highest BCUT2D eigenvalue weighted by Gasteiger charge is 2.29. The van der Waals surface area contributed by atoms with Crippen LogP contribution in [0.5, 0.6) is 5.75 Å². The minimum atomic E-state index is -3.22. The second kappa shape index (κ2) is 6.28. The molecule has 2 aromatic carbocycles. The number of hydrogen-bond acceptors (Lipinski definition) is 4. The molecule has 1 aliphatic heterocycles. The van der Waals surface area contributed by atoms with Crippen molar-refractivity contribution in [2.24, 2.45) is 0 Å². The molecule has 126 valence electrons. The second-order valence-corrected chi connectivity index (χ2v) is 8.01. The SMILES string of the molecule is C[C@H](NC(=O)[C@@H]1Cc2ccccc2O1)c1ccc(S(C)(=O)=O)cc1. The van der Waals surface area contributed by atoms with Crippen molar-refractivity contribution in [2.75, 3.05) is 6.26 Å². The van der Waals surface area contributed by atoms with Gasteiger partial charge in [0.05, 0.1) is 10.9 Å². The molecule has 1 amide bonds. The number of nitrogens with one attached hydrogen (secondary N) is 1. The smallest absolute Gasteiger partial charge is 0.261 e. The van der Waals surface area contributed by atoms with Gasteiger partial charge in [-0.25, -0.2) is 8.42 Å². The Morgan fingerprint density at radius 3 is 2.46 bits per heavy atom. The highest BCUT2D eigenvalue weighted by Crippen LogP contribution is 2.28. The predicted octanol–water partition coefficient (Wildman–Crippen LogP) is 2.27. The van der Waals surface area contributed by atoms with Crippen LogP contribution in [-0.2, 0) is 21.1 Å². The first-order valence-electron chi connectivity index (χ1n) is 7.69. The summed E-state index contributed by atoms with van der Waals surface area (Å²) in [5.41, 5.74) is 1.87. The first-order valence-corrected chi connectivity index (χ1v) is 9.58. The van der Waals surface area contributed by atoms with Crippen molar-refractivity contribution in [3.8, 4) is 5.75 Å². The van der Waals surface area contributed by atoms with Crippen LogP contribution in [-0.4, -0.2) is 26.7 Å². The lowest BCUT2D eigenvalue weighted by molar-refractivity contribution is -0.127. The topological polar surface area (TPSA) is 72.5 Å². The fourth-order valence-electron chi connectivity index (χ4n) is 2.72. The minimum Gasteiger partial charge on any atom is -0.480 e. The normalized spacial score (nSPS) is 17.7. The second-order valence-electron chi connectivity index (χ2n) is 5.99. The Balaban J connectivity index is 1.65. The van der Waals surface area contributed by atoms with Crippen LogP contribution in [0.4, 0.5) is 0 Å². The summed E-state index contributed by atoms with van der Waals surface area (Å²) in [5.74, 6) is 0.577. The average molecular weight is 345 g/mol. The summed E-state index contributed by atoms with van der Waals surface area (Å²) in [5, 5.41) is 2.92. The van der Waals surface area contributed by atoms with E-state index in [2.05, 4.69) is 5.32 Å². The van der Waals surface area contributed by atoms with Crippen LogP contribution in [0.2, 0.25) is 0 Å². The molecular weight excluding hydrogens is 326 g/mol. The molecule has 0 aromatic heterocycles. The van der Waals surface area contributed by atoms with Gasteiger partial charge in [-0.05, 0) is 36.2 Å². The zero-order chi connectivity index (χ0) is 17.3. The zero-order valence-corrected chi connectivity index (χ0v) is 14.3. The first-order chi connectivity index (χ1) is 11.3.